The molecule has 0 fully saturated rings. The van der Waals surface area contributed by atoms with E-state index in [1.807, 2.05) is 0 Å². The number of nitrogen functional groups attached to an aromatic ring is 1. The van der Waals surface area contributed by atoms with Gasteiger partial charge in [0.15, 0.2) is 0 Å². The molecule has 2 aromatic carbocycles. The summed E-state index contributed by atoms with van der Waals surface area (Å²) >= 11 is 0. The number of benzene rings is 2. The number of hydrogen-bond donors (Lipinski definition) is 1. The number of carbonyl (C=O) groups is 1. The summed E-state index contributed by atoms with van der Waals surface area (Å²) in [6.07, 6.45) is -4.45. The molecule has 2 N–H and O–H groups in total. The maximum atomic E-state index is 12.8. The minimum absolute atomic E-state index is 0.122. The lowest BCUT2D eigenvalue weighted by molar-refractivity contribution is -0.137. The Labute approximate surface area is 119 Å². The molecule has 0 aliphatic carbocycles. The normalized spacial score (nSPS) is 11.2. The summed E-state index contributed by atoms with van der Waals surface area (Å²) < 4.78 is 42.9. The Morgan fingerprint density at radius 2 is 1.86 bits per heavy atom. The van der Waals surface area contributed by atoms with E-state index in [0.29, 0.717) is 11.3 Å². The molecule has 0 radical (unpaired) electrons. The van der Waals surface area contributed by atoms with Gasteiger partial charge in [0.25, 0.3) is 0 Å². The standard InChI is InChI=1S/C15H12F3NO2/c1-21-14(20)13-8-11(19)5-6-12(13)9-3-2-4-10(7-9)15(16,17)18/h2-8H,19H2,1H3. The molecule has 0 saturated carbocycles. The van der Waals surface area contributed by atoms with Crippen LogP contribution in [0.2, 0.25) is 0 Å². The quantitative estimate of drug-likeness (QED) is 0.678. The molecule has 0 atom stereocenters. The first kappa shape index (κ1) is 14.9. The van der Waals surface area contributed by atoms with Gasteiger partial charge in [0.05, 0.1) is 18.2 Å². The summed E-state index contributed by atoms with van der Waals surface area (Å²) in [7, 11) is 1.20. The zero-order valence-corrected chi connectivity index (χ0v) is 11.1. The maximum Gasteiger partial charge on any atom is 0.416 e. The molecule has 0 aliphatic heterocycles. The van der Waals surface area contributed by atoms with Crippen molar-refractivity contribution in [1.82, 2.24) is 0 Å². The Kier molecular flexibility index (Phi) is 3.88. The predicted octanol–water partition coefficient (Wildman–Crippen LogP) is 3.74. The van der Waals surface area contributed by atoms with E-state index in [1.54, 1.807) is 0 Å². The first-order chi connectivity index (χ1) is 9.82. The molecule has 0 aliphatic rings. The lowest BCUT2D eigenvalue weighted by Gasteiger charge is -2.12. The second-order valence-electron chi connectivity index (χ2n) is 4.38. The first-order valence-corrected chi connectivity index (χ1v) is 5.98. The lowest BCUT2D eigenvalue weighted by Crippen LogP contribution is -2.07. The van der Waals surface area contributed by atoms with Crippen molar-refractivity contribution >= 4 is 11.7 Å². The van der Waals surface area contributed by atoms with Crippen molar-refractivity contribution in [3.63, 3.8) is 0 Å². The van der Waals surface area contributed by atoms with Gasteiger partial charge in [-0.2, -0.15) is 13.2 Å². The number of halogens is 3. The van der Waals surface area contributed by atoms with Gasteiger partial charge < -0.3 is 10.5 Å². The molecule has 0 amide bonds. The second-order valence-corrected chi connectivity index (χ2v) is 4.38. The number of ether oxygens (including phenoxy) is 1. The topological polar surface area (TPSA) is 52.3 Å². The van der Waals surface area contributed by atoms with Crippen LogP contribution in [0.15, 0.2) is 42.5 Å². The molecule has 0 spiro atoms. The number of alkyl halides is 3. The molecule has 0 bridgehead atoms. The van der Waals surface area contributed by atoms with Crippen LogP contribution in [0, 0.1) is 0 Å². The maximum absolute atomic E-state index is 12.8. The molecule has 0 aromatic heterocycles. The summed E-state index contributed by atoms with van der Waals surface area (Å²) in [6.45, 7) is 0. The van der Waals surface area contributed by atoms with Crippen LogP contribution in [0.25, 0.3) is 11.1 Å². The Morgan fingerprint density at radius 1 is 1.14 bits per heavy atom. The van der Waals surface area contributed by atoms with Gasteiger partial charge in [-0.1, -0.05) is 18.2 Å². The van der Waals surface area contributed by atoms with Crippen molar-refractivity contribution in [1.29, 1.82) is 0 Å². The molecule has 21 heavy (non-hydrogen) atoms. The number of esters is 1. The molecule has 6 heteroatoms. The molecule has 3 nitrogen and oxygen atoms in total. The third-order valence-corrected chi connectivity index (χ3v) is 2.95. The summed E-state index contributed by atoms with van der Waals surface area (Å²) in [6, 6.07) is 9.12. The second kappa shape index (κ2) is 5.47. The van der Waals surface area contributed by atoms with Crippen LogP contribution in [0.4, 0.5) is 18.9 Å². The van der Waals surface area contributed by atoms with Gasteiger partial charge in [0.2, 0.25) is 0 Å². The fourth-order valence-corrected chi connectivity index (χ4v) is 1.96. The monoisotopic (exact) mass is 295 g/mol. The van der Waals surface area contributed by atoms with Gasteiger partial charge in [-0.25, -0.2) is 4.79 Å². The number of rotatable bonds is 2. The molecule has 2 rings (SSSR count). The van der Waals surface area contributed by atoms with Gasteiger partial charge in [-0.05, 0) is 35.4 Å². The number of anilines is 1. The number of carbonyl (C=O) groups excluding carboxylic acids is 1. The molecule has 110 valence electrons. The Balaban J connectivity index is 2.59. The largest absolute Gasteiger partial charge is 0.465 e. The van der Waals surface area contributed by atoms with Crippen LogP contribution in [-0.4, -0.2) is 13.1 Å². The van der Waals surface area contributed by atoms with E-state index in [-0.39, 0.29) is 11.1 Å². The van der Waals surface area contributed by atoms with Crippen LogP contribution in [0.5, 0.6) is 0 Å². The zero-order valence-electron chi connectivity index (χ0n) is 11.1. The van der Waals surface area contributed by atoms with E-state index in [1.165, 1.54) is 37.4 Å². The van der Waals surface area contributed by atoms with Crippen LogP contribution in [-0.2, 0) is 10.9 Å². The van der Waals surface area contributed by atoms with Crippen LogP contribution in [0.3, 0.4) is 0 Å². The van der Waals surface area contributed by atoms with E-state index in [9.17, 15) is 18.0 Å². The first-order valence-electron chi connectivity index (χ1n) is 5.98. The predicted molar refractivity (Wildman–Crippen MR) is 72.6 cm³/mol. The highest BCUT2D eigenvalue weighted by Crippen LogP contribution is 2.33. The summed E-state index contributed by atoms with van der Waals surface area (Å²) in [5, 5.41) is 0. The van der Waals surface area contributed by atoms with E-state index in [0.717, 1.165) is 12.1 Å². The van der Waals surface area contributed by atoms with Gasteiger partial charge >= 0.3 is 12.1 Å². The highest BCUT2D eigenvalue weighted by molar-refractivity contribution is 5.98. The Hall–Kier alpha value is -2.50. The van der Waals surface area contributed by atoms with Crippen molar-refractivity contribution in [3.8, 4) is 11.1 Å². The van der Waals surface area contributed by atoms with E-state index in [4.69, 9.17) is 5.73 Å². The van der Waals surface area contributed by atoms with Crippen LogP contribution >= 0.6 is 0 Å². The minimum atomic E-state index is -4.45. The Bertz CT molecular complexity index is 681. The number of methoxy groups -OCH3 is 1. The van der Waals surface area contributed by atoms with Crippen molar-refractivity contribution in [3.05, 3.63) is 53.6 Å². The average molecular weight is 295 g/mol. The third-order valence-electron chi connectivity index (χ3n) is 2.95. The van der Waals surface area contributed by atoms with Gasteiger partial charge in [-0.3, -0.25) is 0 Å². The van der Waals surface area contributed by atoms with Crippen molar-refractivity contribution in [2.24, 2.45) is 0 Å². The number of hydrogen-bond acceptors (Lipinski definition) is 3. The van der Waals surface area contributed by atoms with Gasteiger partial charge in [0, 0.05) is 5.69 Å². The van der Waals surface area contributed by atoms with Crippen molar-refractivity contribution in [2.75, 3.05) is 12.8 Å². The highest BCUT2D eigenvalue weighted by Gasteiger charge is 2.30. The van der Waals surface area contributed by atoms with Crippen LogP contribution < -0.4 is 5.73 Å². The van der Waals surface area contributed by atoms with Crippen LogP contribution in [0.1, 0.15) is 15.9 Å². The fourth-order valence-electron chi connectivity index (χ4n) is 1.96. The van der Waals surface area contributed by atoms with Crippen molar-refractivity contribution in [2.45, 2.75) is 6.18 Å². The third kappa shape index (κ3) is 3.16. The highest BCUT2D eigenvalue weighted by atomic mass is 19.4. The summed E-state index contributed by atoms with van der Waals surface area (Å²) in [4.78, 5) is 11.7. The lowest BCUT2D eigenvalue weighted by atomic mass is 9.97. The fraction of sp³-hybridized carbons (Fsp3) is 0.133. The molecular weight excluding hydrogens is 283 g/mol. The smallest absolute Gasteiger partial charge is 0.416 e. The summed E-state index contributed by atoms with van der Waals surface area (Å²) in [5.74, 6) is -0.658. The van der Waals surface area contributed by atoms with E-state index in [2.05, 4.69) is 4.74 Å². The Morgan fingerprint density at radius 3 is 2.48 bits per heavy atom. The molecule has 0 unspecified atom stereocenters. The minimum Gasteiger partial charge on any atom is -0.465 e. The van der Waals surface area contributed by atoms with Gasteiger partial charge in [-0.15, -0.1) is 0 Å². The SMILES string of the molecule is COC(=O)c1cc(N)ccc1-c1cccc(C(F)(F)F)c1. The molecule has 2 aromatic rings. The molecular formula is C15H12F3NO2. The van der Waals surface area contributed by atoms with E-state index >= 15 is 0 Å². The van der Waals surface area contributed by atoms with Gasteiger partial charge in [0.1, 0.15) is 0 Å². The molecule has 0 saturated heterocycles. The summed E-state index contributed by atoms with van der Waals surface area (Å²) in [5.41, 5.74) is 5.88. The number of nitrogens with two attached hydrogens (primary N) is 1. The average Bonchev–Trinajstić information content (AvgIpc) is 2.45. The zero-order chi connectivity index (χ0) is 15.6. The molecule has 0 heterocycles. The van der Waals surface area contributed by atoms with Crippen molar-refractivity contribution < 1.29 is 22.7 Å². The van der Waals surface area contributed by atoms with E-state index < -0.39 is 17.7 Å².